The number of hydrogen-bond acceptors (Lipinski definition) is 12. The van der Waals surface area contributed by atoms with Gasteiger partial charge in [0.15, 0.2) is 6.04 Å². The zero-order chi connectivity index (χ0) is 52.5. The number of hydroxylamine groups is 2. The van der Waals surface area contributed by atoms with Crippen molar-refractivity contribution < 1.29 is 52.8 Å². The number of hydrogen-bond donors (Lipinski definition) is 3. The molecule has 4 heterocycles. The van der Waals surface area contributed by atoms with E-state index in [2.05, 4.69) is 61.7 Å². The van der Waals surface area contributed by atoms with Crippen LogP contribution in [0.25, 0.3) is 6.08 Å². The highest BCUT2D eigenvalue weighted by atomic mass is 16.8. The third kappa shape index (κ3) is 9.76. The monoisotopic (exact) mass is 1020 g/mol. The summed E-state index contributed by atoms with van der Waals surface area (Å²) in [6.07, 6.45) is 5.13. The Hall–Kier alpha value is -5.74. The fourth-order valence-electron chi connectivity index (χ4n) is 13.3. The standard InChI is InChI=1S/C61H71N3O11/c1-57(2,3)72-49(66)27-25-44(36-65)63-54(67)41-15-13-14-39(31-41)34-62-56(69)60-33-47-50-51(74-61(73-50,42-16-9-7-10-17-42)43-18-11-8-12-19-43)53(60)75-64(52(60)55(68)70-47)35-38-22-20-37(21-23-38)30-40-24-26-48-59(6,71-48)29-28-46-45(40)32-58(46,4)5/h7-23,30-31,44-48,50-53,65H,24-29,32-36H2,1-6H3,(H,62,69)(H,63,67)/t44-,45+,46+,47+,48?,50-,51-,52-,53+,59+,60-/m0/s1. The molecule has 0 spiro atoms. The number of esters is 2. The van der Waals surface area contributed by atoms with Gasteiger partial charge in [-0.05, 0) is 112 Å². The molecule has 14 heteroatoms. The lowest BCUT2D eigenvalue weighted by Crippen LogP contribution is -2.69. The van der Waals surface area contributed by atoms with E-state index < -0.39 is 77.1 Å². The van der Waals surface area contributed by atoms with Crippen molar-refractivity contribution in [2.24, 2.45) is 22.7 Å². The van der Waals surface area contributed by atoms with E-state index in [-0.39, 0.29) is 44.6 Å². The molecule has 7 fully saturated rings. The molecule has 7 aliphatic rings. The minimum atomic E-state index is -1.47. The first-order chi connectivity index (χ1) is 35.9. The van der Waals surface area contributed by atoms with Crippen molar-refractivity contribution in [1.82, 2.24) is 15.7 Å². The van der Waals surface area contributed by atoms with E-state index >= 15 is 4.79 Å². The maximum atomic E-state index is 15.4. The van der Waals surface area contributed by atoms with Crippen molar-refractivity contribution >= 4 is 29.8 Å². The quantitative estimate of drug-likeness (QED) is 0.0814. The Kier molecular flexibility index (Phi) is 13.5. The van der Waals surface area contributed by atoms with Gasteiger partial charge in [0.25, 0.3) is 5.91 Å². The van der Waals surface area contributed by atoms with Gasteiger partial charge >= 0.3 is 11.9 Å². The highest BCUT2D eigenvalue weighted by Crippen LogP contribution is 2.61. The highest BCUT2D eigenvalue weighted by molar-refractivity contribution is 5.95. The second kappa shape index (κ2) is 19.7. The van der Waals surface area contributed by atoms with E-state index in [1.54, 1.807) is 50.1 Å². The molecule has 4 aromatic rings. The molecule has 1 unspecified atom stereocenters. The molecule has 4 aromatic carbocycles. The summed E-state index contributed by atoms with van der Waals surface area (Å²) in [5.41, 5.74) is 4.14. The van der Waals surface area contributed by atoms with E-state index in [1.165, 1.54) is 18.4 Å². The molecule has 3 aliphatic carbocycles. The number of carbonyl (C=O) groups excluding carboxylic acids is 4. The number of allylic oxidation sites excluding steroid dienone is 1. The average molecular weight is 1020 g/mol. The minimum absolute atomic E-state index is 0.0177. The number of rotatable bonds is 14. The van der Waals surface area contributed by atoms with Crippen LogP contribution >= 0.6 is 0 Å². The molecule has 75 heavy (non-hydrogen) atoms. The molecular formula is C61H71N3O11. The van der Waals surface area contributed by atoms with Gasteiger partial charge in [-0.3, -0.25) is 24.0 Å². The summed E-state index contributed by atoms with van der Waals surface area (Å²) in [4.78, 5) is 63.0. The first-order valence-electron chi connectivity index (χ1n) is 27.0. The molecule has 0 aromatic heterocycles. The van der Waals surface area contributed by atoms with Gasteiger partial charge in [0.2, 0.25) is 11.7 Å². The molecule has 0 radical (unpaired) electrons. The van der Waals surface area contributed by atoms with Crippen molar-refractivity contribution in [2.75, 3.05) is 6.61 Å². The number of ether oxygens (including phenoxy) is 5. The Morgan fingerprint density at radius 1 is 0.853 bits per heavy atom. The zero-order valence-corrected chi connectivity index (χ0v) is 43.9. The average Bonchev–Trinajstić information content (AvgIpc) is 3.74. The smallest absolute Gasteiger partial charge is 0.327 e. The first kappa shape index (κ1) is 51.4. The zero-order valence-electron chi connectivity index (χ0n) is 43.9. The number of amides is 2. The Bertz CT molecular complexity index is 2790. The number of epoxide rings is 1. The second-order valence-corrected chi connectivity index (χ2v) is 24.0. The van der Waals surface area contributed by atoms with E-state index in [0.29, 0.717) is 34.5 Å². The van der Waals surface area contributed by atoms with E-state index in [1.807, 2.05) is 60.7 Å². The molecule has 4 saturated heterocycles. The van der Waals surface area contributed by atoms with Gasteiger partial charge in [0.1, 0.15) is 35.4 Å². The van der Waals surface area contributed by atoms with Gasteiger partial charge in [0.05, 0.1) is 30.9 Å². The van der Waals surface area contributed by atoms with Gasteiger partial charge in [-0.25, -0.2) is 0 Å². The van der Waals surface area contributed by atoms with Crippen LogP contribution in [0.15, 0.2) is 115 Å². The topological polar surface area (TPSA) is 174 Å². The number of aliphatic hydroxyl groups is 1. The number of carbonyl (C=O) groups is 4. The third-order valence-corrected chi connectivity index (χ3v) is 17.3. The van der Waals surface area contributed by atoms with Crippen LogP contribution in [0, 0.1) is 22.7 Å². The van der Waals surface area contributed by atoms with Crippen LogP contribution in [-0.4, -0.2) is 94.3 Å². The van der Waals surface area contributed by atoms with Crippen LogP contribution < -0.4 is 10.6 Å². The molecule has 2 bridgehead atoms. The molecule has 3 saturated carbocycles. The van der Waals surface area contributed by atoms with Crippen molar-refractivity contribution in [3.8, 4) is 0 Å². The SMILES string of the molecule is CC(C)(C)OC(=O)CC[C@@H](CO)NC(=O)c1cccc(CNC(=O)[C@@]23C[C@H]4OC(=O)[C@@H]2N(Cc2ccc(C=C5CCC6O[C@]6(C)CC[C@@H]6[C@@H]5CC6(C)C)cc2)O[C@@H]3[C@H]2OC(c3ccccc3)(c3ccccc3)O[C@H]24)c1. The van der Waals surface area contributed by atoms with Crippen molar-refractivity contribution in [3.63, 3.8) is 0 Å². The van der Waals surface area contributed by atoms with Crippen LogP contribution in [0.2, 0.25) is 0 Å². The number of benzene rings is 4. The maximum absolute atomic E-state index is 15.4. The Morgan fingerprint density at radius 3 is 2.24 bits per heavy atom. The lowest BCUT2D eigenvalue weighted by atomic mass is 9.52. The fraction of sp³-hybridized carbons (Fsp3) is 0.508. The Morgan fingerprint density at radius 2 is 1.56 bits per heavy atom. The van der Waals surface area contributed by atoms with Gasteiger partial charge < -0.3 is 39.4 Å². The molecule has 2 amide bonds. The third-order valence-electron chi connectivity index (χ3n) is 17.3. The van der Waals surface area contributed by atoms with Crippen LogP contribution in [0.1, 0.15) is 131 Å². The summed E-state index contributed by atoms with van der Waals surface area (Å²) in [6, 6.07) is 32.7. The highest BCUT2D eigenvalue weighted by Gasteiger charge is 2.76. The predicted molar refractivity (Wildman–Crippen MR) is 278 cm³/mol. The van der Waals surface area contributed by atoms with Crippen LogP contribution in [0.5, 0.6) is 0 Å². The summed E-state index contributed by atoms with van der Waals surface area (Å²) >= 11 is 0. The van der Waals surface area contributed by atoms with E-state index in [0.717, 1.165) is 41.5 Å². The largest absolute Gasteiger partial charge is 0.460 e. The predicted octanol–water partition coefficient (Wildman–Crippen LogP) is 8.48. The normalized spacial score (nSPS) is 31.9. The van der Waals surface area contributed by atoms with E-state index in [9.17, 15) is 19.5 Å². The molecular weight excluding hydrogens is 951 g/mol. The van der Waals surface area contributed by atoms with Gasteiger partial charge in [-0.1, -0.05) is 123 Å². The lowest BCUT2D eigenvalue weighted by Gasteiger charge is -2.53. The molecule has 4 aliphatic heterocycles. The summed E-state index contributed by atoms with van der Waals surface area (Å²) < 4.78 is 32.2. The Balaban J connectivity index is 0.860. The maximum Gasteiger partial charge on any atom is 0.327 e. The Labute approximate surface area is 439 Å². The fourth-order valence-corrected chi connectivity index (χ4v) is 13.3. The van der Waals surface area contributed by atoms with Gasteiger partial charge in [-0.2, -0.15) is 5.06 Å². The van der Waals surface area contributed by atoms with Crippen molar-refractivity contribution in [2.45, 2.75) is 166 Å². The summed E-state index contributed by atoms with van der Waals surface area (Å²) in [5, 5.41) is 17.7. The number of fused-ring (bicyclic) bond motifs is 6. The van der Waals surface area contributed by atoms with Gasteiger partial charge in [-0.15, -0.1) is 0 Å². The summed E-state index contributed by atoms with van der Waals surface area (Å²) in [6.45, 7) is 12.3. The van der Waals surface area contributed by atoms with E-state index in [4.69, 9.17) is 28.5 Å². The number of nitrogens with one attached hydrogen (secondary N) is 2. The summed E-state index contributed by atoms with van der Waals surface area (Å²) in [5.74, 6) is -2.07. The summed E-state index contributed by atoms with van der Waals surface area (Å²) in [7, 11) is 0. The molecule has 14 nitrogen and oxygen atoms in total. The molecule has 396 valence electrons. The number of aliphatic hydroxyl groups excluding tert-OH is 1. The number of nitrogens with zero attached hydrogens (tertiary/aromatic N) is 1. The van der Waals surface area contributed by atoms with Crippen molar-refractivity contribution in [3.05, 3.63) is 148 Å². The molecule has 11 atom stereocenters. The molecule has 3 N–H and O–H groups in total. The van der Waals surface area contributed by atoms with Crippen LogP contribution in [0.3, 0.4) is 0 Å². The van der Waals surface area contributed by atoms with Crippen LogP contribution in [0.4, 0.5) is 0 Å². The second-order valence-electron chi connectivity index (χ2n) is 24.0. The molecule has 11 rings (SSSR count). The van der Waals surface area contributed by atoms with Gasteiger partial charge in [0, 0.05) is 36.1 Å². The van der Waals surface area contributed by atoms with Crippen LogP contribution in [-0.2, 0) is 61.8 Å². The lowest BCUT2D eigenvalue weighted by molar-refractivity contribution is -0.213. The first-order valence-corrected chi connectivity index (χ1v) is 27.0. The van der Waals surface area contributed by atoms with Crippen molar-refractivity contribution in [1.29, 1.82) is 0 Å². The minimum Gasteiger partial charge on any atom is -0.460 e.